The number of nitrogens with zero attached hydrogens (tertiary/aromatic N) is 4. The molecule has 0 unspecified atom stereocenters. The lowest BCUT2D eigenvalue weighted by Crippen LogP contribution is -2.21. The van der Waals surface area contributed by atoms with Crippen LogP contribution in [0.5, 0.6) is 0 Å². The smallest absolute Gasteiger partial charge is 0.307 e. The number of carbonyl (C=O) groups is 2. The van der Waals surface area contributed by atoms with Crippen LogP contribution in [0.2, 0.25) is 5.02 Å². The van der Waals surface area contributed by atoms with Crippen LogP contribution in [0.15, 0.2) is 85.1 Å². The minimum absolute atomic E-state index is 0.127. The third-order valence-electron chi connectivity index (χ3n) is 7.08. The SMILES string of the molecule is Cc1ccc(C[C@@H](CC(=O)c2cccn3c(-c4ccc(Cc5nc6ccc(Cl)cc6s5)cc4)nnc23)C(=O)O)cc1. The minimum atomic E-state index is -0.997. The molecule has 1 atom stereocenters. The lowest BCUT2D eigenvalue weighted by Gasteiger charge is -2.12. The quantitative estimate of drug-likeness (QED) is 0.184. The number of carboxylic acid groups (broad SMARTS) is 1. The van der Waals surface area contributed by atoms with Crippen LogP contribution in [0.1, 0.15) is 38.5 Å². The zero-order valence-electron chi connectivity index (χ0n) is 22.1. The molecule has 3 aromatic heterocycles. The van der Waals surface area contributed by atoms with E-state index in [1.807, 2.05) is 79.9 Å². The van der Waals surface area contributed by atoms with Crippen molar-refractivity contribution in [3.8, 4) is 11.4 Å². The summed E-state index contributed by atoms with van der Waals surface area (Å²) in [4.78, 5) is 30.0. The second-order valence-electron chi connectivity index (χ2n) is 10.1. The normalized spacial score (nSPS) is 12.1. The Balaban J connectivity index is 1.21. The van der Waals surface area contributed by atoms with Crippen LogP contribution in [-0.2, 0) is 17.6 Å². The van der Waals surface area contributed by atoms with Gasteiger partial charge in [-0.3, -0.25) is 14.0 Å². The lowest BCUT2D eigenvalue weighted by molar-refractivity contribution is -0.141. The Bertz CT molecular complexity index is 1890. The predicted molar refractivity (Wildman–Crippen MR) is 161 cm³/mol. The molecule has 0 radical (unpaired) electrons. The first kappa shape index (κ1) is 26.8. The average molecular weight is 581 g/mol. The van der Waals surface area contributed by atoms with Crippen LogP contribution >= 0.6 is 22.9 Å². The first-order chi connectivity index (χ1) is 19.8. The van der Waals surface area contributed by atoms with Crippen LogP contribution in [-0.4, -0.2) is 36.4 Å². The van der Waals surface area contributed by atoms with E-state index >= 15 is 0 Å². The minimum Gasteiger partial charge on any atom is -0.481 e. The number of fused-ring (bicyclic) bond motifs is 2. The van der Waals surface area contributed by atoms with Crippen molar-refractivity contribution in [1.82, 2.24) is 19.6 Å². The number of Topliss-reactive ketones (excluding diaryl/α,β-unsaturated/α-hetero) is 1. The summed E-state index contributed by atoms with van der Waals surface area (Å²) in [6, 6.07) is 24.9. The van der Waals surface area contributed by atoms with E-state index in [0.29, 0.717) is 28.5 Å². The van der Waals surface area contributed by atoms with E-state index in [1.165, 1.54) is 0 Å². The number of aliphatic carboxylic acids is 1. The Kier molecular flexibility index (Phi) is 7.34. The van der Waals surface area contributed by atoms with Gasteiger partial charge in [0.2, 0.25) is 0 Å². The molecule has 204 valence electrons. The number of hydrogen-bond acceptors (Lipinski definition) is 6. The zero-order valence-corrected chi connectivity index (χ0v) is 23.7. The topological polar surface area (TPSA) is 97.5 Å². The molecule has 9 heteroatoms. The highest BCUT2D eigenvalue weighted by molar-refractivity contribution is 7.18. The molecule has 0 amide bonds. The monoisotopic (exact) mass is 580 g/mol. The molecular formula is C32H25ClN4O3S. The predicted octanol–water partition coefficient (Wildman–Crippen LogP) is 7.07. The number of carbonyl (C=O) groups excluding carboxylic acids is 1. The second kappa shape index (κ2) is 11.2. The number of aryl methyl sites for hydroxylation is 1. The van der Waals surface area contributed by atoms with Gasteiger partial charge in [-0.15, -0.1) is 21.5 Å². The summed E-state index contributed by atoms with van der Waals surface area (Å²) in [5.41, 5.74) is 5.64. The van der Waals surface area contributed by atoms with Gasteiger partial charge in [-0.05, 0) is 54.8 Å². The molecule has 7 nitrogen and oxygen atoms in total. The van der Waals surface area contributed by atoms with Gasteiger partial charge in [0.05, 0.1) is 26.7 Å². The van der Waals surface area contributed by atoms with Gasteiger partial charge in [0, 0.05) is 29.6 Å². The standard InChI is InChI=1S/C32H25ClN4O3S/c1-19-4-6-20(7-5-19)15-23(32(39)40)17-27(38)25-3-2-14-37-30(35-36-31(25)37)22-10-8-21(9-11-22)16-29-34-26-13-12-24(33)18-28(26)41-29/h2-14,18,23H,15-17H2,1H3,(H,39,40)/t23-/m0/s1. The molecular weight excluding hydrogens is 556 g/mol. The van der Waals surface area contributed by atoms with E-state index in [0.717, 1.165) is 37.5 Å². The molecule has 0 aliphatic rings. The summed E-state index contributed by atoms with van der Waals surface area (Å²) in [6.45, 7) is 1.98. The number of halogens is 1. The third kappa shape index (κ3) is 5.75. The van der Waals surface area contributed by atoms with E-state index in [9.17, 15) is 14.7 Å². The summed E-state index contributed by atoms with van der Waals surface area (Å²) in [5.74, 6) is -1.51. The first-order valence-corrected chi connectivity index (χ1v) is 14.3. The van der Waals surface area contributed by atoms with E-state index < -0.39 is 11.9 Å². The maximum absolute atomic E-state index is 13.3. The van der Waals surface area contributed by atoms with Gasteiger partial charge in [0.15, 0.2) is 17.3 Å². The highest BCUT2D eigenvalue weighted by Gasteiger charge is 2.25. The number of ketones is 1. The summed E-state index contributed by atoms with van der Waals surface area (Å²) >= 11 is 7.75. The maximum atomic E-state index is 13.3. The van der Waals surface area contributed by atoms with Crippen LogP contribution in [0.4, 0.5) is 0 Å². The van der Waals surface area contributed by atoms with Gasteiger partial charge in [0.25, 0.3) is 0 Å². The summed E-state index contributed by atoms with van der Waals surface area (Å²) < 4.78 is 2.84. The molecule has 0 saturated carbocycles. The van der Waals surface area contributed by atoms with Crippen molar-refractivity contribution in [2.75, 3.05) is 0 Å². The second-order valence-corrected chi connectivity index (χ2v) is 11.6. The van der Waals surface area contributed by atoms with E-state index in [4.69, 9.17) is 16.6 Å². The molecule has 0 aliphatic heterocycles. The Morgan fingerprint density at radius 1 is 0.976 bits per heavy atom. The number of rotatable bonds is 9. The van der Waals surface area contributed by atoms with Gasteiger partial charge in [-0.2, -0.15) is 0 Å². The molecule has 0 aliphatic carbocycles. The fourth-order valence-electron chi connectivity index (χ4n) is 4.89. The van der Waals surface area contributed by atoms with Gasteiger partial charge in [-0.25, -0.2) is 4.98 Å². The number of benzene rings is 3. The fraction of sp³-hybridized carbons (Fsp3) is 0.156. The van der Waals surface area contributed by atoms with Crippen LogP contribution < -0.4 is 0 Å². The first-order valence-electron chi connectivity index (χ1n) is 13.1. The highest BCUT2D eigenvalue weighted by atomic mass is 35.5. The molecule has 0 spiro atoms. The molecule has 3 heterocycles. The highest BCUT2D eigenvalue weighted by Crippen LogP contribution is 2.28. The van der Waals surface area contributed by atoms with Gasteiger partial charge >= 0.3 is 5.97 Å². The summed E-state index contributed by atoms with van der Waals surface area (Å²) in [6.07, 6.45) is 2.66. The van der Waals surface area contributed by atoms with Crippen molar-refractivity contribution >= 4 is 50.6 Å². The number of hydrogen-bond donors (Lipinski definition) is 1. The molecule has 6 rings (SSSR count). The van der Waals surface area contributed by atoms with Gasteiger partial charge in [0.1, 0.15) is 0 Å². The van der Waals surface area contributed by atoms with E-state index in [2.05, 4.69) is 10.2 Å². The Hall–Kier alpha value is -4.40. The third-order valence-corrected chi connectivity index (χ3v) is 8.33. The van der Waals surface area contributed by atoms with Crippen molar-refractivity contribution in [2.45, 2.75) is 26.2 Å². The Morgan fingerprint density at radius 2 is 1.73 bits per heavy atom. The van der Waals surface area contributed by atoms with Crippen molar-refractivity contribution in [1.29, 1.82) is 0 Å². The summed E-state index contributed by atoms with van der Waals surface area (Å²) in [5, 5.41) is 20.2. The van der Waals surface area contributed by atoms with Crippen LogP contribution in [0.25, 0.3) is 27.3 Å². The van der Waals surface area contributed by atoms with Gasteiger partial charge in [-0.1, -0.05) is 65.7 Å². The lowest BCUT2D eigenvalue weighted by atomic mass is 9.92. The van der Waals surface area contributed by atoms with Crippen molar-refractivity contribution in [3.05, 3.63) is 117 Å². The van der Waals surface area contributed by atoms with Crippen molar-refractivity contribution in [2.24, 2.45) is 5.92 Å². The number of carboxylic acids is 1. The van der Waals surface area contributed by atoms with Crippen molar-refractivity contribution in [3.63, 3.8) is 0 Å². The van der Waals surface area contributed by atoms with Gasteiger partial charge < -0.3 is 5.11 Å². The van der Waals surface area contributed by atoms with Crippen LogP contribution in [0.3, 0.4) is 0 Å². The van der Waals surface area contributed by atoms with Crippen LogP contribution in [0, 0.1) is 12.8 Å². The summed E-state index contributed by atoms with van der Waals surface area (Å²) in [7, 11) is 0. The molecule has 1 N–H and O–H groups in total. The fourth-order valence-corrected chi connectivity index (χ4v) is 6.17. The number of thiazole rings is 1. The molecule has 3 aromatic carbocycles. The number of aromatic nitrogens is 4. The van der Waals surface area contributed by atoms with E-state index in [-0.39, 0.29) is 18.6 Å². The Labute approximate surface area is 245 Å². The molecule has 0 saturated heterocycles. The Morgan fingerprint density at radius 3 is 2.49 bits per heavy atom. The largest absolute Gasteiger partial charge is 0.481 e. The number of pyridine rings is 1. The average Bonchev–Trinajstić information content (AvgIpc) is 3.57. The van der Waals surface area contributed by atoms with E-state index in [1.54, 1.807) is 27.9 Å². The van der Waals surface area contributed by atoms with Crippen molar-refractivity contribution < 1.29 is 14.7 Å². The maximum Gasteiger partial charge on any atom is 0.307 e. The molecule has 41 heavy (non-hydrogen) atoms. The molecule has 6 aromatic rings. The zero-order chi connectivity index (χ0) is 28.5. The molecule has 0 bridgehead atoms. The molecule has 0 fully saturated rings.